The van der Waals surface area contributed by atoms with Crippen LogP contribution < -0.4 is 4.74 Å². The molecule has 0 radical (unpaired) electrons. The van der Waals surface area contributed by atoms with E-state index in [4.69, 9.17) is 13.9 Å². The average molecular weight is 276 g/mol. The maximum atomic E-state index is 12.0. The summed E-state index contributed by atoms with van der Waals surface area (Å²) in [5, 5.41) is 0.738. The van der Waals surface area contributed by atoms with Crippen LogP contribution in [0.1, 0.15) is 36.9 Å². The molecule has 20 heavy (non-hydrogen) atoms. The third-order valence-electron chi connectivity index (χ3n) is 2.90. The number of carbonyl (C=O) groups excluding carboxylic acids is 1. The SMILES string of the molecule is CCOC(=O)c1c(C)oc2ccc(OCC(C)C)cc12. The molecule has 0 atom stereocenters. The number of ether oxygens (including phenoxy) is 2. The predicted octanol–water partition coefficient (Wildman–Crippen LogP) is 3.95. The summed E-state index contributed by atoms with van der Waals surface area (Å²) < 4.78 is 16.3. The lowest BCUT2D eigenvalue weighted by Crippen LogP contribution is -2.06. The van der Waals surface area contributed by atoms with Crippen molar-refractivity contribution in [1.29, 1.82) is 0 Å². The number of hydrogen-bond donors (Lipinski definition) is 0. The smallest absolute Gasteiger partial charge is 0.342 e. The molecule has 4 heteroatoms. The van der Waals surface area contributed by atoms with E-state index in [0.29, 0.717) is 36.0 Å². The Balaban J connectivity index is 2.38. The first kappa shape index (κ1) is 14.4. The zero-order valence-electron chi connectivity index (χ0n) is 12.4. The molecule has 0 N–H and O–H groups in total. The van der Waals surface area contributed by atoms with Gasteiger partial charge in [0.05, 0.1) is 13.2 Å². The summed E-state index contributed by atoms with van der Waals surface area (Å²) in [4.78, 5) is 12.0. The summed E-state index contributed by atoms with van der Waals surface area (Å²) >= 11 is 0. The maximum absolute atomic E-state index is 12.0. The van der Waals surface area contributed by atoms with Crippen LogP contribution in [-0.4, -0.2) is 19.2 Å². The number of esters is 1. The van der Waals surface area contributed by atoms with Gasteiger partial charge in [0.25, 0.3) is 0 Å². The van der Waals surface area contributed by atoms with Gasteiger partial charge in [0, 0.05) is 5.39 Å². The number of carbonyl (C=O) groups is 1. The first-order valence-electron chi connectivity index (χ1n) is 6.86. The van der Waals surface area contributed by atoms with Crippen LogP contribution in [-0.2, 0) is 4.74 Å². The Labute approximate surface area is 118 Å². The molecular weight excluding hydrogens is 256 g/mol. The molecule has 0 aliphatic heterocycles. The third kappa shape index (κ3) is 2.95. The lowest BCUT2D eigenvalue weighted by Gasteiger charge is -2.08. The summed E-state index contributed by atoms with van der Waals surface area (Å²) in [6.45, 7) is 8.70. The highest BCUT2D eigenvalue weighted by molar-refractivity contribution is 6.04. The normalized spacial score (nSPS) is 11.1. The fourth-order valence-corrected chi connectivity index (χ4v) is 2.01. The van der Waals surface area contributed by atoms with Gasteiger partial charge in [-0.2, -0.15) is 0 Å². The van der Waals surface area contributed by atoms with Crippen LogP contribution in [0.5, 0.6) is 5.75 Å². The van der Waals surface area contributed by atoms with E-state index < -0.39 is 0 Å². The van der Waals surface area contributed by atoms with Crippen LogP contribution in [0.15, 0.2) is 22.6 Å². The lowest BCUT2D eigenvalue weighted by molar-refractivity contribution is 0.0526. The van der Waals surface area contributed by atoms with E-state index in [1.165, 1.54) is 0 Å². The van der Waals surface area contributed by atoms with E-state index in [0.717, 1.165) is 11.1 Å². The highest BCUT2D eigenvalue weighted by atomic mass is 16.5. The second-order valence-electron chi connectivity index (χ2n) is 5.12. The molecule has 2 rings (SSSR count). The van der Waals surface area contributed by atoms with E-state index in [9.17, 15) is 4.79 Å². The van der Waals surface area contributed by atoms with Crippen molar-refractivity contribution in [3.63, 3.8) is 0 Å². The summed E-state index contributed by atoms with van der Waals surface area (Å²) in [5.41, 5.74) is 1.15. The number of rotatable bonds is 5. The molecule has 0 unspecified atom stereocenters. The summed E-state index contributed by atoms with van der Waals surface area (Å²) in [5.74, 6) is 1.39. The quantitative estimate of drug-likeness (QED) is 0.776. The second kappa shape index (κ2) is 5.99. The molecule has 4 nitrogen and oxygen atoms in total. The molecule has 0 fully saturated rings. The van der Waals surface area contributed by atoms with Crippen LogP contribution in [0.2, 0.25) is 0 Å². The van der Waals surface area contributed by atoms with Gasteiger partial charge in [-0.05, 0) is 38.0 Å². The Bertz CT molecular complexity index is 610. The van der Waals surface area contributed by atoms with Gasteiger partial charge in [-0.1, -0.05) is 13.8 Å². The fourth-order valence-electron chi connectivity index (χ4n) is 2.01. The van der Waals surface area contributed by atoms with E-state index in [1.807, 2.05) is 18.2 Å². The van der Waals surface area contributed by atoms with Crippen molar-refractivity contribution in [3.05, 3.63) is 29.5 Å². The average Bonchev–Trinajstić information content (AvgIpc) is 2.71. The molecule has 0 saturated carbocycles. The summed E-state index contributed by atoms with van der Waals surface area (Å²) in [6, 6.07) is 5.50. The van der Waals surface area contributed by atoms with Crippen molar-refractivity contribution in [2.45, 2.75) is 27.7 Å². The zero-order chi connectivity index (χ0) is 14.7. The highest BCUT2D eigenvalue weighted by Crippen LogP contribution is 2.29. The molecule has 0 bridgehead atoms. The Morgan fingerprint density at radius 2 is 2.10 bits per heavy atom. The van der Waals surface area contributed by atoms with Gasteiger partial charge in [-0.3, -0.25) is 0 Å². The molecule has 0 amide bonds. The first-order chi connectivity index (χ1) is 9.52. The highest BCUT2D eigenvalue weighted by Gasteiger charge is 2.19. The van der Waals surface area contributed by atoms with E-state index >= 15 is 0 Å². The number of aryl methyl sites for hydroxylation is 1. The van der Waals surface area contributed by atoms with Crippen LogP contribution >= 0.6 is 0 Å². The summed E-state index contributed by atoms with van der Waals surface area (Å²) in [6.07, 6.45) is 0. The largest absolute Gasteiger partial charge is 0.493 e. The molecule has 108 valence electrons. The fraction of sp³-hybridized carbons (Fsp3) is 0.438. The van der Waals surface area contributed by atoms with Gasteiger partial charge >= 0.3 is 5.97 Å². The Morgan fingerprint density at radius 1 is 1.35 bits per heavy atom. The standard InChI is InChI=1S/C16H20O4/c1-5-18-16(17)15-11(4)20-14-7-6-12(8-13(14)15)19-9-10(2)3/h6-8,10H,5,9H2,1-4H3. The lowest BCUT2D eigenvalue weighted by atomic mass is 10.1. The molecule has 1 heterocycles. The van der Waals surface area contributed by atoms with Gasteiger partial charge in [0.15, 0.2) is 0 Å². The Morgan fingerprint density at radius 3 is 2.75 bits per heavy atom. The number of furan rings is 1. The minimum Gasteiger partial charge on any atom is -0.493 e. The Kier molecular flexibility index (Phi) is 4.32. The van der Waals surface area contributed by atoms with Crippen molar-refractivity contribution in [2.24, 2.45) is 5.92 Å². The maximum Gasteiger partial charge on any atom is 0.342 e. The van der Waals surface area contributed by atoms with Crippen LogP contribution in [0.3, 0.4) is 0 Å². The van der Waals surface area contributed by atoms with Crippen molar-refractivity contribution in [3.8, 4) is 5.75 Å². The minimum atomic E-state index is -0.357. The van der Waals surface area contributed by atoms with Crippen LogP contribution in [0.4, 0.5) is 0 Å². The number of fused-ring (bicyclic) bond motifs is 1. The topological polar surface area (TPSA) is 48.7 Å². The first-order valence-corrected chi connectivity index (χ1v) is 6.86. The molecule has 0 aliphatic rings. The molecule has 1 aromatic heterocycles. The van der Waals surface area contributed by atoms with Crippen molar-refractivity contribution >= 4 is 16.9 Å². The van der Waals surface area contributed by atoms with Crippen molar-refractivity contribution < 1.29 is 18.7 Å². The van der Waals surface area contributed by atoms with Gasteiger partial charge in [-0.15, -0.1) is 0 Å². The molecule has 0 saturated heterocycles. The van der Waals surface area contributed by atoms with E-state index in [2.05, 4.69) is 13.8 Å². The zero-order valence-corrected chi connectivity index (χ0v) is 12.4. The van der Waals surface area contributed by atoms with Gasteiger partial charge in [-0.25, -0.2) is 4.79 Å². The van der Waals surface area contributed by atoms with Crippen LogP contribution in [0, 0.1) is 12.8 Å². The van der Waals surface area contributed by atoms with Crippen molar-refractivity contribution in [2.75, 3.05) is 13.2 Å². The molecule has 1 aromatic carbocycles. The van der Waals surface area contributed by atoms with E-state index in [-0.39, 0.29) is 5.97 Å². The van der Waals surface area contributed by atoms with Crippen molar-refractivity contribution in [1.82, 2.24) is 0 Å². The summed E-state index contributed by atoms with van der Waals surface area (Å²) in [7, 11) is 0. The molecule has 0 spiro atoms. The monoisotopic (exact) mass is 276 g/mol. The van der Waals surface area contributed by atoms with Gasteiger partial charge < -0.3 is 13.9 Å². The van der Waals surface area contributed by atoms with Gasteiger partial charge in [0.2, 0.25) is 0 Å². The second-order valence-corrected chi connectivity index (χ2v) is 5.12. The predicted molar refractivity (Wildman–Crippen MR) is 77.2 cm³/mol. The Hall–Kier alpha value is -1.97. The van der Waals surface area contributed by atoms with E-state index in [1.54, 1.807) is 13.8 Å². The number of hydrogen-bond acceptors (Lipinski definition) is 4. The molecule has 2 aromatic rings. The van der Waals surface area contributed by atoms with Crippen LogP contribution in [0.25, 0.3) is 11.0 Å². The molecular formula is C16H20O4. The van der Waals surface area contributed by atoms with Gasteiger partial charge in [0.1, 0.15) is 22.7 Å². The number of benzene rings is 1. The minimum absolute atomic E-state index is 0.342. The molecule has 0 aliphatic carbocycles. The third-order valence-corrected chi connectivity index (χ3v) is 2.90.